The number of nitrogens with one attached hydrogen (secondary N) is 2. The van der Waals surface area contributed by atoms with E-state index in [4.69, 9.17) is 18.9 Å². The summed E-state index contributed by atoms with van der Waals surface area (Å²) in [6, 6.07) is 15.9. The Kier molecular flexibility index (Phi) is 7.85. The van der Waals surface area contributed by atoms with Crippen LogP contribution in [0.25, 0.3) is 0 Å². The van der Waals surface area contributed by atoms with E-state index in [-0.39, 0.29) is 17.2 Å². The monoisotopic (exact) mass is 486 g/mol. The van der Waals surface area contributed by atoms with Crippen molar-refractivity contribution in [2.24, 2.45) is 0 Å². The van der Waals surface area contributed by atoms with Crippen LogP contribution in [0.2, 0.25) is 0 Å². The Morgan fingerprint density at radius 3 is 2.15 bits per heavy atom. The van der Waals surface area contributed by atoms with Crippen LogP contribution in [-0.4, -0.2) is 42.3 Å². The number of ether oxygens (including phenoxy) is 4. The molecule has 0 atom stereocenters. The predicted molar refractivity (Wildman–Crippen MR) is 129 cm³/mol. The third-order valence-corrected chi connectivity index (χ3v) is 6.15. The Bertz CT molecular complexity index is 1260. The first-order valence-corrected chi connectivity index (χ1v) is 11.7. The van der Waals surface area contributed by atoms with Crippen LogP contribution < -0.4 is 29.0 Å². The van der Waals surface area contributed by atoms with Crippen LogP contribution in [0.4, 0.5) is 11.4 Å². The number of aryl methyl sites for hydroxylation is 1. The van der Waals surface area contributed by atoms with Gasteiger partial charge in [0.15, 0.2) is 18.1 Å². The lowest BCUT2D eigenvalue weighted by Crippen LogP contribution is -2.21. The van der Waals surface area contributed by atoms with Crippen molar-refractivity contribution in [1.82, 2.24) is 0 Å². The Hall–Kier alpha value is -3.92. The van der Waals surface area contributed by atoms with Crippen LogP contribution in [0.15, 0.2) is 65.6 Å². The average molecular weight is 487 g/mol. The third kappa shape index (κ3) is 6.10. The normalized spacial score (nSPS) is 10.8. The van der Waals surface area contributed by atoms with Crippen LogP contribution in [-0.2, 0) is 14.8 Å². The number of anilines is 2. The number of rotatable bonds is 10. The summed E-state index contributed by atoms with van der Waals surface area (Å²) in [6.07, 6.45) is 0. The first-order valence-electron chi connectivity index (χ1n) is 10.2. The largest absolute Gasteiger partial charge is 0.497 e. The second kappa shape index (κ2) is 10.8. The van der Waals surface area contributed by atoms with Gasteiger partial charge in [-0.15, -0.1) is 0 Å². The minimum absolute atomic E-state index is 0.0551. The van der Waals surface area contributed by atoms with Crippen molar-refractivity contribution < 1.29 is 32.2 Å². The Labute approximate surface area is 198 Å². The molecule has 3 aromatic rings. The van der Waals surface area contributed by atoms with Gasteiger partial charge in [0.1, 0.15) is 11.5 Å². The van der Waals surface area contributed by atoms with Gasteiger partial charge < -0.3 is 24.3 Å². The summed E-state index contributed by atoms with van der Waals surface area (Å²) in [5, 5.41) is 2.63. The molecule has 0 spiro atoms. The Balaban J connectivity index is 1.74. The molecule has 180 valence electrons. The molecule has 3 aromatic carbocycles. The molecule has 2 N–H and O–H groups in total. The van der Waals surface area contributed by atoms with Gasteiger partial charge in [0.2, 0.25) is 0 Å². The van der Waals surface area contributed by atoms with E-state index in [0.717, 1.165) is 5.56 Å². The quantitative estimate of drug-likeness (QED) is 0.448. The minimum Gasteiger partial charge on any atom is -0.497 e. The zero-order valence-electron chi connectivity index (χ0n) is 19.2. The lowest BCUT2D eigenvalue weighted by atomic mass is 10.2. The molecule has 0 aliphatic rings. The maximum absolute atomic E-state index is 12.9. The molecule has 0 aromatic heterocycles. The fourth-order valence-electron chi connectivity index (χ4n) is 3.05. The van der Waals surface area contributed by atoms with Gasteiger partial charge in [-0.1, -0.05) is 6.07 Å². The summed E-state index contributed by atoms with van der Waals surface area (Å²) in [5.74, 6) is 1.31. The van der Waals surface area contributed by atoms with Gasteiger partial charge in [-0.3, -0.25) is 9.52 Å². The van der Waals surface area contributed by atoms with E-state index in [1.54, 1.807) is 36.4 Å². The van der Waals surface area contributed by atoms with Gasteiger partial charge >= 0.3 is 0 Å². The fourth-order valence-corrected chi connectivity index (χ4v) is 4.13. The van der Waals surface area contributed by atoms with Crippen LogP contribution in [0, 0.1) is 6.92 Å². The van der Waals surface area contributed by atoms with E-state index in [0.29, 0.717) is 28.7 Å². The maximum Gasteiger partial charge on any atom is 0.262 e. The highest BCUT2D eigenvalue weighted by Gasteiger charge is 2.18. The molecule has 0 unspecified atom stereocenters. The number of hydrogen-bond donors (Lipinski definition) is 2. The number of hydrogen-bond acceptors (Lipinski definition) is 7. The smallest absolute Gasteiger partial charge is 0.262 e. The van der Waals surface area contributed by atoms with Gasteiger partial charge in [0.05, 0.1) is 31.9 Å². The molecule has 34 heavy (non-hydrogen) atoms. The second-order valence-corrected chi connectivity index (χ2v) is 8.87. The number of sulfonamides is 1. The van der Waals surface area contributed by atoms with Crippen molar-refractivity contribution in [2.75, 3.05) is 38.0 Å². The number of methoxy groups -OCH3 is 3. The average Bonchev–Trinajstić information content (AvgIpc) is 2.83. The molecule has 0 bridgehead atoms. The zero-order valence-corrected chi connectivity index (χ0v) is 20.1. The summed E-state index contributed by atoms with van der Waals surface area (Å²) in [5.41, 5.74) is 1.53. The van der Waals surface area contributed by atoms with Crippen LogP contribution in [0.5, 0.6) is 23.0 Å². The lowest BCUT2D eigenvalue weighted by molar-refractivity contribution is -0.118. The Morgan fingerprint density at radius 2 is 1.50 bits per heavy atom. The summed E-state index contributed by atoms with van der Waals surface area (Å²) in [6.45, 7) is 1.60. The number of benzene rings is 3. The molecule has 0 aliphatic carbocycles. The fraction of sp³-hybridized carbons (Fsp3) is 0.208. The molecular formula is C24H26N2O7S. The summed E-state index contributed by atoms with van der Waals surface area (Å²) < 4.78 is 49.4. The predicted octanol–water partition coefficient (Wildman–Crippen LogP) is 3.84. The van der Waals surface area contributed by atoms with Crippen LogP contribution in [0.1, 0.15) is 5.56 Å². The highest BCUT2D eigenvalue weighted by Crippen LogP contribution is 2.30. The number of carbonyl (C=O) groups is 1. The lowest BCUT2D eigenvalue weighted by Gasteiger charge is -2.14. The van der Waals surface area contributed by atoms with Crippen molar-refractivity contribution >= 4 is 27.3 Å². The van der Waals surface area contributed by atoms with Gasteiger partial charge in [-0.25, -0.2) is 8.42 Å². The van der Waals surface area contributed by atoms with E-state index in [2.05, 4.69) is 10.0 Å². The van der Waals surface area contributed by atoms with E-state index < -0.39 is 15.9 Å². The first-order chi connectivity index (χ1) is 16.2. The van der Waals surface area contributed by atoms with Gasteiger partial charge in [0, 0.05) is 5.69 Å². The molecule has 3 rings (SSSR count). The molecule has 1 amide bonds. The highest BCUT2D eigenvalue weighted by atomic mass is 32.2. The standard InChI is InChI=1S/C24H26N2O7S/c1-16-5-11-22(23(13-16)32-4)33-15-24(27)25-20-14-19(10-12-21(20)31-3)34(28,29)26-17-6-8-18(30-2)9-7-17/h5-14,26H,15H2,1-4H3,(H,25,27). The molecule has 9 nitrogen and oxygen atoms in total. The van der Waals surface area contributed by atoms with E-state index in [9.17, 15) is 13.2 Å². The second-order valence-electron chi connectivity index (χ2n) is 7.19. The minimum atomic E-state index is -3.93. The van der Waals surface area contributed by atoms with E-state index >= 15 is 0 Å². The van der Waals surface area contributed by atoms with E-state index in [1.165, 1.54) is 39.5 Å². The first kappa shape index (κ1) is 24.7. The molecule has 0 radical (unpaired) electrons. The highest BCUT2D eigenvalue weighted by molar-refractivity contribution is 7.92. The van der Waals surface area contributed by atoms with Crippen LogP contribution >= 0.6 is 0 Å². The number of amides is 1. The van der Waals surface area contributed by atoms with Crippen molar-refractivity contribution in [2.45, 2.75) is 11.8 Å². The molecule has 10 heteroatoms. The van der Waals surface area contributed by atoms with Crippen molar-refractivity contribution in [1.29, 1.82) is 0 Å². The summed E-state index contributed by atoms with van der Waals surface area (Å²) in [7, 11) is 0.524. The summed E-state index contributed by atoms with van der Waals surface area (Å²) >= 11 is 0. The Morgan fingerprint density at radius 1 is 0.824 bits per heavy atom. The van der Waals surface area contributed by atoms with Crippen molar-refractivity contribution in [3.8, 4) is 23.0 Å². The van der Waals surface area contributed by atoms with Gasteiger partial charge in [0.25, 0.3) is 15.9 Å². The third-order valence-electron chi connectivity index (χ3n) is 4.78. The zero-order chi connectivity index (χ0) is 24.7. The molecule has 0 saturated heterocycles. The molecule has 0 heterocycles. The molecule has 0 fully saturated rings. The van der Waals surface area contributed by atoms with Crippen molar-refractivity contribution in [3.63, 3.8) is 0 Å². The van der Waals surface area contributed by atoms with Crippen molar-refractivity contribution in [3.05, 3.63) is 66.2 Å². The molecule has 0 aliphatic heterocycles. The molecule has 0 saturated carbocycles. The number of carbonyl (C=O) groups excluding carboxylic acids is 1. The van der Waals surface area contributed by atoms with Crippen LogP contribution in [0.3, 0.4) is 0 Å². The van der Waals surface area contributed by atoms with Gasteiger partial charge in [-0.2, -0.15) is 0 Å². The van der Waals surface area contributed by atoms with Gasteiger partial charge in [-0.05, 0) is 67.1 Å². The topological polar surface area (TPSA) is 112 Å². The van der Waals surface area contributed by atoms with E-state index in [1.807, 2.05) is 13.0 Å². The SMILES string of the molecule is COc1ccc(NS(=O)(=O)c2ccc(OC)c(NC(=O)COc3ccc(C)cc3OC)c2)cc1. The summed E-state index contributed by atoms with van der Waals surface area (Å²) in [4.78, 5) is 12.5. The maximum atomic E-state index is 12.9. The molecular weight excluding hydrogens is 460 g/mol.